The molecule has 3 aromatic rings. The molecule has 0 aliphatic carbocycles. The second kappa shape index (κ2) is 7.77. The molecule has 0 radical (unpaired) electrons. The Morgan fingerprint density at radius 3 is 2.41 bits per heavy atom. The number of carbonyl (C=O) groups is 2. The van der Waals surface area contributed by atoms with E-state index in [4.69, 9.17) is 0 Å². The first-order chi connectivity index (χ1) is 16.2. The molecule has 2 aliphatic heterocycles. The molecule has 1 atom stereocenters. The van der Waals surface area contributed by atoms with Crippen LogP contribution < -0.4 is 9.80 Å². The number of halogens is 1. The molecule has 1 spiro atoms. The smallest absolute Gasteiger partial charge is 0.274 e. The van der Waals surface area contributed by atoms with Crippen LogP contribution in [0.4, 0.5) is 15.8 Å². The highest BCUT2D eigenvalue weighted by atomic mass is 32.2. The Morgan fingerprint density at radius 1 is 0.971 bits per heavy atom. The first-order valence-corrected chi connectivity index (χ1v) is 12.7. The molecule has 6 nitrogen and oxygen atoms in total. The number of hydrogen-bond acceptors (Lipinski definition) is 4. The minimum absolute atomic E-state index is 0.0451. The monoisotopic (exact) mass is 478 g/mol. The van der Waals surface area contributed by atoms with Crippen molar-refractivity contribution in [3.63, 3.8) is 0 Å². The Balaban J connectivity index is 1.75. The van der Waals surface area contributed by atoms with Gasteiger partial charge in [0.05, 0.1) is 12.2 Å². The first kappa shape index (κ1) is 22.3. The molecule has 174 valence electrons. The number of amides is 2. The van der Waals surface area contributed by atoms with Crippen LogP contribution in [0.3, 0.4) is 0 Å². The SMILES string of the molecule is CCc1cccc(N2C(=O)CS(=O)(=O)[C@]23C(=O)N(Cc2ccc(F)cc2)c2ccc(C)cc23)c1. The Labute approximate surface area is 197 Å². The summed E-state index contributed by atoms with van der Waals surface area (Å²) in [4.78, 5) is 27.7. The predicted octanol–water partition coefficient (Wildman–Crippen LogP) is 3.86. The summed E-state index contributed by atoms with van der Waals surface area (Å²) in [5, 5.41) is 0. The standard InChI is InChI=1S/C26H23FN2O4S/c1-3-18-5-4-6-21(14-18)29-24(30)16-34(32,33)26(29)22-13-17(2)7-12-23(22)28(25(26)31)15-19-8-10-20(27)11-9-19/h4-14H,3,15-16H2,1-2H3/t26-/m1/s1. The second-order valence-electron chi connectivity index (χ2n) is 8.69. The van der Waals surface area contributed by atoms with Crippen LogP contribution in [0.5, 0.6) is 0 Å². The van der Waals surface area contributed by atoms with Crippen LogP contribution in [0.25, 0.3) is 0 Å². The van der Waals surface area contributed by atoms with Gasteiger partial charge in [-0.2, -0.15) is 0 Å². The van der Waals surface area contributed by atoms with E-state index in [0.29, 0.717) is 23.4 Å². The molecule has 3 aromatic carbocycles. The van der Waals surface area contributed by atoms with Crippen molar-refractivity contribution < 1.29 is 22.4 Å². The van der Waals surface area contributed by atoms with Crippen molar-refractivity contribution in [3.05, 3.63) is 94.8 Å². The largest absolute Gasteiger partial charge is 0.304 e. The van der Waals surface area contributed by atoms with E-state index in [1.54, 1.807) is 48.5 Å². The van der Waals surface area contributed by atoms with Crippen molar-refractivity contribution >= 4 is 33.0 Å². The van der Waals surface area contributed by atoms with Crippen LogP contribution in [-0.4, -0.2) is 26.0 Å². The van der Waals surface area contributed by atoms with Gasteiger partial charge in [-0.3, -0.25) is 14.5 Å². The second-order valence-corrected chi connectivity index (χ2v) is 10.8. The topological polar surface area (TPSA) is 74.8 Å². The van der Waals surface area contributed by atoms with Gasteiger partial charge in [-0.25, -0.2) is 12.8 Å². The summed E-state index contributed by atoms with van der Waals surface area (Å²) >= 11 is 0. The van der Waals surface area contributed by atoms with Crippen LogP contribution in [0.15, 0.2) is 66.7 Å². The van der Waals surface area contributed by atoms with Crippen molar-refractivity contribution in [1.82, 2.24) is 0 Å². The van der Waals surface area contributed by atoms with Crippen LogP contribution in [-0.2, 0) is 37.3 Å². The summed E-state index contributed by atoms with van der Waals surface area (Å²) in [6.07, 6.45) is 0.690. The molecule has 0 unspecified atom stereocenters. The van der Waals surface area contributed by atoms with Crippen molar-refractivity contribution in [2.24, 2.45) is 0 Å². The highest BCUT2D eigenvalue weighted by Crippen LogP contribution is 2.53. The Bertz CT molecular complexity index is 1440. The fraction of sp³-hybridized carbons (Fsp3) is 0.231. The summed E-state index contributed by atoms with van der Waals surface area (Å²) in [5.74, 6) is -2.51. The molecule has 34 heavy (non-hydrogen) atoms. The fourth-order valence-corrected chi connectivity index (χ4v) is 6.92. The maximum Gasteiger partial charge on any atom is 0.274 e. The number of nitrogens with zero attached hydrogens (tertiary/aromatic N) is 2. The lowest BCUT2D eigenvalue weighted by atomic mass is 10.0. The van der Waals surface area contributed by atoms with Gasteiger partial charge in [0, 0.05) is 11.3 Å². The minimum Gasteiger partial charge on any atom is -0.304 e. The van der Waals surface area contributed by atoms with Gasteiger partial charge in [-0.1, -0.05) is 42.8 Å². The summed E-state index contributed by atoms with van der Waals surface area (Å²) in [6.45, 7) is 3.82. The average Bonchev–Trinajstić information content (AvgIpc) is 3.17. The lowest BCUT2D eigenvalue weighted by Crippen LogP contribution is -2.54. The molecule has 2 aliphatic rings. The Kier molecular flexibility index (Phi) is 5.09. The maximum absolute atomic E-state index is 14.1. The van der Waals surface area contributed by atoms with E-state index in [0.717, 1.165) is 16.0 Å². The van der Waals surface area contributed by atoms with E-state index in [9.17, 15) is 22.4 Å². The number of carbonyl (C=O) groups excluding carboxylic acids is 2. The van der Waals surface area contributed by atoms with E-state index in [-0.39, 0.29) is 12.1 Å². The lowest BCUT2D eigenvalue weighted by molar-refractivity contribution is -0.123. The Hall–Kier alpha value is -3.52. The van der Waals surface area contributed by atoms with Gasteiger partial charge in [0.2, 0.25) is 5.91 Å². The van der Waals surface area contributed by atoms with Crippen LogP contribution >= 0.6 is 0 Å². The number of anilines is 2. The summed E-state index contributed by atoms with van der Waals surface area (Å²) in [5.41, 5.74) is 3.39. The summed E-state index contributed by atoms with van der Waals surface area (Å²) in [7, 11) is -4.24. The maximum atomic E-state index is 14.1. The molecule has 0 bridgehead atoms. The quantitative estimate of drug-likeness (QED) is 0.571. The highest BCUT2D eigenvalue weighted by Gasteiger charge is 2.69. The number of fused-ring (bicyclic) bond motifs is 2. The van der Waals surface area contributed by atoms with Crippen LogP contribution in [0, 0.1) is 12.7 Å². The number of hydrogen-bond donors (Lipinski definition) is 0. The molecule has 2 amide bonds. The molecule has 1 fully saturated rings. The third kappa shape index (κ3) is 3.09. The fourth-order valence-electron chi connectivity index (χ4n) is 4.90. The molecule has 0 aromatic heterocycles. The van der Waals surface area contributed by atoms with Crippen LogP contribution in [0.1, 0.15) is 29.2 Å². The first-order valence-electron chi connectivity index (χ1n) is 11.0. The van der Waals surface area contributed by atoms with Gasteiger partial charge in [0.1, 0.15) is 11.6 Å². The lowest BCUT2D eigenvalue weighted by Gasteiger charge is -2.33. The number of benzene rings is 3. The van der Waals surface area contributed by atoms with E-state index >= 15 is 0 Å². The molecule has 5 rings (SSSR count). The molecule has 8 heteroatoms. The van der Waals surface area contributed by atoms with Gasteiger partial charge in [-0.05, 0) is 60.9 Å². The van der Waals surface area contributed by atoms with Gasteiger partial charge in [0.25, 0.3) is 10.8 Å². The molecule has 0 saturated carbocycles. The highest BCUT2D eigenvalue weighted by molar-refractivity contribution is 7.94. The van der Waals surface area contributed by atoms with Gasteiger partial charge < -0.3 is 4.90 Å². The minimum atomic E-state index is -4.24. The van der Waals surface area contributed by atoms with E-state index < -0.39 is 38.1 Å². The summed E-state index contributed by atoms with van der Waals surface area (Å²) < 4.78 is 40.8. The zero-order valence-corrected chi connectivity index (χ0v) is 19.6. The van der Waals surface area contributed by atoms with Gasteiger partial charge in [0.15, 0.2) is 9.84 Å². The average molecular weight is 479 g/mol. The molecular formula is C26H23FN2O4S. The third-order valence-electron chi connectivity index (χ3n) is 6.50. The number of rotatable bonds is 4. The summed E-state index contributed by atoms with van der Waals surface area (Å²) in [6, 6.07) is 17.9. The number of sulfone groups is 1. The van der Waals surface area contributed by atoms with E-state index in [1.165, 1.54) is 17.0 Å². The van der Waals surface area contributed by atoms with Crippen LogP contribution in [0.2, 0.25) is 0 Å². The molecular weight excluding hydrogens is 455 g/mol. The Morgan fingerprint density at radius 2 is 1.71 bits per heavy atom. The van der Waals surface area contributed by atoms with E-state index in [2.05, 4.69) is 0 Å². The van der Waals surface area contributed by atoms with Gasteiger partial charge in [-0.15, -0.1) is 0 Å². The zero-order chi connectivity index (χ0) is 24.3. The zero-order valence-electron chi connectivity index (χ0n) is 18.8. The van der Waals surface area contributed by atoms with Crippen molar-refractivity contribution in [2.45, 2.75) is 31.7 Å². The molecule has 2 heterocycles. The van der Waals surface area contributed by atoms with Crippen molar-refractivity contribution in [2.75, 3.05) is 15.6 Å². The molecule has 1 saturated heterocycles. The number of aryl methyl sites for hydroxylation is 2. The van der Waals surface area contributed by atoms with Gasteiger partial charge >= 0.3 is 0 Å². The normalized spacial score (nSPS) is 20.9. The van der Waals surface area contributed by atoms with Crippen molar-refractivity contribution in [1.29, 1.82) is 0 Å². The molecule has 0 N–H and O–H groups in total. The third-order valence-corrected chi connectivity index (χ3v) is 8.61. The predicted molar refractivity (Wildman–Crippen MR) is 128 cm³/mol. The van der Waals surface area contributed by atoms with E-state index in [1.807, 2.05) is 19.9 Å². The van der Waals surface area contributed by atoms with Crippen molar-refractivity contribution in [3.8, 4) is 0 Å².